The molecule has 2 aromatic rings. The van der Waals surface area contributed by atoms with E-state index in [1.54, 1.807) is 25.3 Å². The van der Waals surface area contributed by atoms with Crippen LogP contribution in [-0.2, 0) is 4.79 Å². The van der Waals surface area contributed by atoms with Crippen molar-refractivity contribution in [3.05, 3.63) is 53.6 Å². The first-order valence-electron chi connectivity index (χ1n) is 8.15. The maximum Gasteiger partial charge on any atom is 0.282 e. The Balaban J connectivity index is 1.80. The topological polar surface area (TPSA) is 52.0 Å². The Morgan fingerprint density at radius 1 is 1.20 bits per heavy atom. The lowest BCUT2D eigenvalue weighted by Gasteiger charge is -2.21. The molecule has 2 rings (SSSR count). The van der Waals surface area contributed by atoms with E-state index in [0.29, 0.717) is 23.9 Å². The molecular weight excluding hydrogens is 340 g/mol. The molecule has 0 fully saturated rings. The Hall–Kier alpha value is -2.24. The molecule has 0 heterocycles. The minimum Gasteiger partial charge on any atom is -0.497 e. The number of carbonyl (C=O) groups is 1. The smallest absolute Gasteiger partial charge is 0.282 e. The third-order valence-corrected chi connectivity index (χ3v) is 4.30. The summed E-state index contributed by atoms with van der Waals surface area (Å²) in [6.07, 6.45) is 0. The number of halogens is 1. The van der Waals surface area contributed by atoms with E-state index in [2.05, 4.69) is 5.32 Å². The first-order chi connectivity index (χ1) is 12.0. The van der Waals surface area contributed by atoms with Gasteiger partial charge < -0.3 is 19.7 Å². The normalized spacial score (nSPS) is 13.0. The predicted molar refractivity (Wildman–Crippen MR) is 99.8 cm³/mol. The number of quaternary nitrogens is 1. The third kappa shape index (κ3) is 5.96. The fourth-order valence-electron chi connectivity index (χ4n) is 2.25. The molecule has 1 unspecified atom stereocenters. The fraction of sp³-hybridized carbons (Fsp3) is 0.316. The summed E-state index contributed by atoms with van der Waals surface area (Å²) in [5, 5.41) is 3.60. The standard InChI is InChI=1S/C19H23ClN2O3/c1-14(19(23)21-16-5-4-6-18(13-16)24-3)22(2)11-12-25-17-9-7-15(20)8-10-17/h4-10,13-14H,11-12H2,1-3H3,(H,21,23)/p+1/t14-/m1/s1. The summed E-state index contributed by atoms with van der Waals surface area (Å²) in [7, 11) is 3.57. The van der Waals surface area contributed by atoms with E-state index in [1.807, 2.05) is 44.3 Å². The second kappa shape index (κ2) is 9.30. The molecule has 6 heteroatoms. The highest BCUT2D eigenvalue weighted by atomic mass is 35.5. The summed E-state index contributed by atoms with van der Waals surface area (Å²) in [6.45, 7) is 3.12. The van der Waals surface area contributed by atoms with Crippen LogP contribution in [0.5, 0.6) is 11.5 Å². The van der Waals surface area contributed by atoms with Gasteiger partial charge in [0.2, 0.25) is 0 Å². The van der Waals surface area contributed by atoms with Crippen LogP contribution in [0.3, 0.4) is 0 Å². The molecule has 0 aliphatic carbocycles. The average molecular weight is 364 g/mol. The van der Waals surface area contributed by atoms with Crippen LogP contribution in [0.15, 0.2) is 48.5 Å². The Bertz CT molecular complexity index is 691. The molecule has 2 aromatic carbocycles. The zero-order valence-electron chi connectivity index (χ0n) is 14.7. The van der Waals surface area contributed by atoms with E-state index in [0.717, 1.165) is 16.3 Å². The quantitative estimate of drug-likeness (QED) is 0.756. The van der Waals surface area contributed by atoms with Crippen molar-refractivity contribution in [2.75, 3.05) is 32.6 Å². The van der Waals surface area contributed by atoms with Crippen LogP contribution in [0, 0.1) is 0 Å². The minimum atomic E-state index is -0.208. The largest absolute Gasteiger partial charge is 0.497 e. The Morgan fingerprint density at radius 3 is 2.60 bits per heavy atom. The summed E-state index contributed by atoms with van der Waals surface area (Å²) in [6, 6.07) is 14.3. The maximum absolute atomic E-state index is 12.4. The first kappa shape index (κ1) is 19.1. The highest BCUT2D eigenvalue weighted by Gasteiger charge is 2.21. The minimum absolute atomic E-state index is 0.0442. The van der Waals surface area contributed by atoms with Gasteiger partial charge in [-0.15, -0.1) is 0 Å². The molecule has 25 heavy (non-hydrogen) atoms. The van der Waals surface area contributed by atoms with Gasteiger partial charge in [-0.3, -0.25) is 4.79 Å². The van der Waals surface area contributed by atoms with Crippen molar-refractivity contribution in [3.63, 3.8) is 0 Å². The van der Waals surface area contributed by atoms with Crippen LogP contribution in [0.25, 0.3) is 0 Å². The van der Waals surface area contributed by atoms with Gasteiger partial charge in [0.05, 0.1) is 14.2 Å². The molecule has 0 aliphatic rings. The van der Waals surface area contributed by atoms with Crippen molar-refractivity contribution in [2.24, 2.45) is 0 Å². The van der Waals surface area contributed by atoms with Gasteiger partial charge in [-0.1, -0.05) is 17.7 Å². The number of carbonyl (C=O) groups excluding carboxylic acids is 1. The number of anilines is 1. The van der Waals surface area contributed by atoms with E-state index in [1.165, 1.54) is 0 Å². The van der Waals surface area contributed by atoms with E-state index >= 15 is 0 Å². The molecule has 0 saturated carbocycles. The molecule has 0 spiro atoms. The highest BCUT2D eigenvalue weighted by molar-refractivity contribution is 6.30. The van der Waals surface area contributed by atoms with Crippen molar-refractivity contribution >= 4 is 23.2 Å². The van der Waals surface area contributed by atoms with Crippen molar-refractivity contribution in [1.29, 1.82) is 0 Å². The van der Waals surface area contributed by atoms with E-state index in [9.17, 15) is 4.79 Å². The Labute approximate surface area is 153 Å². The molecule has 0 aliphatic heterocycles. The molecular formula is C19H24ClN2O3+. The number of nitrogens with one attached hydrogen (secondary N) is 2. The lowest BCUT2D eigenvalue weighted by atomic mass is 10.2. The van der Waals surface area contributed by atoms with Gasteiger partial charge in [0.1, 0.15) is 24.7 Å². The van der Waals surface area contributed by atoms with Crippen molar-refractivity contribution < 1.29 is 19.2 Å². The molecule has 5 nitrogen and oxygen atoms in total. The second-order valence-corrected chi connectivity index (χ2v) is 6.28. The van der Waals surface area contributed by atoms with Gasteiger partial charge in [0.25, 0.3) is 5.91 Å². The summed E-state index contributed by atoms with van der Waals surface area (Å²) in [5.74, 6) is 1.44. The summed E-state index contributed by atoms with van der Waals surface area (Å²) in [5.41, 5.74) is 0.724. The third-order valence-electron chi connectivity index (χ3n) is 4.05. The lowest BCUT2D eigenvalue weighted by Crippen LogP contribution is -3.14. The number of ether oxygens (including phenoxy) is 2. The SMILES string of the molecule is COc1cccc(NC(=O)[C@@H](C)[NH+](C)CCOc2ccc(Cl)cc2)c1. The molecule has 0 bridgehead atoms. The van der Waals surface area contributed by atoms with Crippen LogP contribution in [-0.4, -0.2) is 39.3 Å². The highest BCUT2D eigenvalue weighted by Crippen LogP contribution is 2.17. The van der Waals surface area contributed by atoms with Crippen LogP contribution >= 0.6 is 11.6 Å². The summed E-state index contributed by atoms with van der Waals surface area (Å²) in [4.78, 5) is 13.5. The van der Waals surface area contributed by atoms with Gasteiger partial charge in [-0.2, -0.15) is 0 Å². The van der Waals surface area contributed by atoms with Crippen LogP contribution in [0.4, 0.5) is 5.69 Å². The van der Waals surface area contributed by atoms with Gasteiger partial charge in [0.15, 0.2) is 6.04 Å². The molecule has 0 saturated heterocycles. The predicted octanol–water partition coefficient (Wildman–Crippen LogP) is 2.27. The van der Waals surface area contributed by atoms with Gasteiger partial charge in [-0.25, -0.2) is 0 Å². The average Bonchev–Trinajstić information content (AvgIpc) is 2.62. The second-order valence-electron chi connectivity index (χ2n) is 5.84. The van der Waals surface area contributed by atoms with Crippen molar-refractivity contribution in [2.45, 2.75) is 13.0 Å². The monoisotopic (exact) mass is 363 g/mol. The molecule has 2 atom stereocenters. The van der Waals surface area contributed by atoms with E-state index < -0.39 is 0 Å². The Morgan fingerprint density at radius 2 is 1.92 bits per heavy atom. The fourth-order valence-corrected chi connectivity index (χ4v) is 2.38. The Kier molecular flexibility index (Phi) is 7.10. The number of amides is 1. The molecule has 0 radical (unpaired) electrons. The number of hydrogen-bond acceptors (Lipinski definition) is 3. The number of rotatable bonds is 8. The van der Waals surface area contributed by atoms with Gasteiger partial charge >= 0.3 is 0 Å². The first-order valence-corrected chi connectivity index (χ1v) is 8.53. The lowest BCUT2D eigenvalue weighted by molar-refractivity contribution is -0.894. The summed E-state index contributed by atoms with van der Waals surface area (Å²) >= 11 is 5.85. The zero-order valence-corrected chi connectivity index (χ0v) is 15.5. The van der Waals surface area contributed by atoms with Crippen molar-refractivity contribution in [1.82, 2.24) is 0 Å². The van der Waals surface area contributed by atoms with Crippen LogP contribution in [0.2, 0.25) is 5.02 Å². The number of benzene rings is 2. The van der Waals surface area contributed by atoms with Crippen LogP contribution in [0.1, 0.15) is 6.92 Å². The number of likely N-dealkylation sites (N-methyl/N-ethyl adjacent to an activating group) is 1. The van der Waals surface area contributed by atoms with Crippen molar-refractivity contribution in [3.8, 4) is 11.5 Å². The van der Waals surface area contributed by atoms with Gasteiger partial charge in [0, 0.05) is 16.8 Å². The molecule has 134 valence electrons. The summed E-state index contributed by atoms with van der Waals surface area (Å²) < 4.78 is 10.8. The zero-order chi connectivity index (χ0) is 18.2. The van der Waals surface area contributed by atoms with E-state index in [4.69, 9.17) is 21.1 Å². The van der Waals surface area contributed by atoms with E-state index in [-0.39, 0.29) is 11.9 Å². The molecule has 2 N–H and O–H groups in total. The van der Waals surface area contributed by atoms with Crippen LogP contribution < -0.4 is 19.7 Å². The number of methoxy groups -OCH3 is 1. The maximum atomic E-state index is 12.4. The van der Waals surface area contributed by atoms with Gasteiger partial charge in [-0.05, 0) is 43.3 Å². The number of hydrogen-bond donors (Lipinski definition) is 2. The molecule has 0 aromatic heterocycles. The molecule has 1 amide bonds.